The van der Waals surface area contributed by atoms with Crippen LogP contribution in [0.1, 0.15) is 11.1 Å². The molecule has 2 N–H and O–H groups in total. The van der Waals surface area contributed by atoms with Crippen LogP contribution >= 0.6 is 11.6 Å². The first-order chi connectivity index (χ1) is 11.1. The van der Waals surface area contributed by atoms with Crippen molar-refractivity contribution in [2.75, 3.05) is 18.5 Å². The Morgan fingerprint density at radius 2 is 2.00 bits per heavy atom. The smallest absolute Gasteiger partial charge is 0.319 e. The van der Waals surface area contributed by atoms with Crippen molar-refractivity contribution in [1.82, 2.24) is 5.32 Å². The van der Waals surface area contributed by atoms with Gasteiger partial charge in [0.2, 0.25) is 0 Å². The number of halogens is 1. The summed E-state index contributed by atoms with van der Waals surface area (Å²) in [6.45, 7) is 2.62. The first kappa shape index (κ1) is 16.7. The number of nitrogens with zero attached hydrogens (tertiary/aromatic N) is 1. The number of hydrogen-bond acceptors (Lipinski definition) is 3. The van der Waals surface area contributed by atoms with Crippen molar-refractivity contribution in [2.24, 2.45) is 0 Å². The number of benzene rings is 2. The molecule has 2 aromatic rings. The molecule has 0 spiro atoms. The van der Waals surface area contributed by atoms with Gasteiger partial charge in [-0.15, -0.1) is 0 Å². The molecule has 0 aliphatic rings. The van der Waals surface area contributed by atoms with Gasteiger partial charge in [0.25, 0.3) is 0 Å². The van der Waals surface area contributed by atoms with Gasteiger partial charge in [0.15, 0.2) is 0 Å². The van der Waals surface area contributed by atoms with Gasteiger partial charge in [-0.25, -0.2) is 4.79 Å². The van der Waals surface area contributed by atoms with Crippen molar-refractivity contribution < 1.29 is 9.53 Å². The van der Waals surface area contributed by atoms with Gasteiger partial charge < -0.3 is 15.4 Å². The van der Waals surface area contributed by atoms with E-state index in [1.54, 1.807) is 36.4 Å². The Balaban J connectivity index is 1.73. The van der Waals surface area contributed by atoms with E-state index in [4.69, 9.17) is 21.6 Å². The summed E-state index contributed by atoms with van der Waals surface area (Å²) in [5.74, 6) is 0.740. The Morgan fingerprint density at radius 3 is 2.65 bits per heavy atom. The van der Waals surface area contributed by atoms with E-state index >= 15 is 0 Å². The molecule has 2 aromatic carbocycles. The van der Waals surface area contributed by atoms with E-state index in [0.29, 0.717) is 29.4 Å². The second-order valence-electron chi connectivity index (χ2n) is 4.83. The lowest BCUT2D eigenvalue weighted by molar-refractivity contribution is 0.247. The topological polar surface area (TPSA) is 74.2 Å². The molecule has 5 nitrogen and oxygen atoms in total. The van der Waals surface area contributed by atoms with Gasteiger partial charge in [0.1, 0.15) is 12.4 Å². The highest BCUT2D eigenvalue weighted by molar-refractivity contribution is 6.30. The highest BCUT2D eigenvalue weighted by atomic mass is 35.5. The average Bonchev–Trinajstić information content (AvgIpc) is 2.54. The Hall–Kier alpha value is -2.71. The van der Waals surface area contributed by atoms with Crippen LogP contribution in [0.5, 0.6) is 5.75 Å². The minimum Gasteiger partial charge on any atom is -0.491 e. The lowest BCUT2D eigenvalue weighted by Gasteiger charge is -2.11. The number of aryl methyl sites for hydroxylation is 1. The number of nitriles is 1. The Kier molecular flexibility index (Phi) is 5.84. The van der Waals surface area contributed by atoms with Crippen LogP contribution in [0.2, 0.25) is 5.02 Å². The predicted octanol–water partition coefficient (Wildman–Crippen LogP) is 3.72. The van der Waals surface area contributed by atoms with Crippen molar-refractivity contribution in [2.45, 2.75) is 6.92 Å². The SMILES string of the molecule is Cc1cc(Cl)ccc1OCCNC(=O)Nc1ccc(C#N)cc1. The maximum atomic E-state index is 11.7. The number of amides is 2. The van der Waals surface area contributed by atoms with Crippen LogP contribution in [-0.4, -0.2) is 19.2 Å². The monoisotopic (exact) mass is 329 g/mol. The molecule has 118 valence electrons. The van der Waals surface area contributed by atoms with Crippen molar-refractivity contribution in [3.05, 3.63) is 58.6 Å². The lowest BCUT2D eigenvalue weighted by atomic mass is 10.2. The number of ether oxygens (including phenoxy) is 1. The number of nitrogens with one attached hydrogen (secondary N) is 2. The molecule has 0 aromatic heterocycles. The molecule has 0 unspecified atom stereocenters. The zero-order valence-electron chi connectivity index (χ0n) is 12.6. The van der Waals surface area contributed by atoms with Gasteiger partial charge in [0, 0.05) is 10.7 Å². The summed E-state index contributed by atoms with van der Waals surface area (Å²) in [5, 5.41) is 14.7. The van der Waals surface area contributed by atoms with E-state index in [2.05, 4.69) is 10.6 Å². The third kappa shape index (κ3) is 5.20. The van der Waals surface area contributed by atoms with Crippen LogP contribution in [0.15, 0.2) is 42.5 Å². The number of carbonyl (C=O) groups is 1. The summed E-state index contributed by atoms with van der Waals surface area (Å²) >= 11 is 5.88. The van der Waals surface area contributed by atoms with Gasteiger partial charge in [0.05, 0.1) is 18.2 Å². The summed E-state index contributed by atoms with van der Waals surface area (Å²) in [5.41, 5.74) is 2.11. The Labute approximate surface area is 139 Å². The van der Waals surface area contributed by atoms with Gasteiger partial charge in [-0.3, -0.25) is 0 Å². The summed E-state index contributed by atoms with van der Waals surface area (Å²) < 4.78 is 5.59. The van der Waals surface area contributed by atoms with Crippen LogP contribution < -0.4 is 15.4 Å². The number of hydrogen-bond donors (Lipinski definition) is 2. The highest BCUT2D eigenvalue weighted by Crippen LogP contribution is 2.21. The van der Waals surface area contributed by atoms with Crippen LogP contribution in [0.3, 0.4) is 0 Å². The molecule has 0 aliphatic heterocycles. The van der Waals surface area contributed by atoms with Crippen LogP contribution in [-0.2, 0) is 0 Å². The molecule has 0 bridgehead atoms. The molecular weight excluding hydrogens is 314 g/mol. The molecule has 2 rings (SSSR count). The van der Waals surface area contributed by atoms with Crippen molar-refractivity contribution in [3.63, 3.8) is 0 Å². The maximum Gasteiger partial charge on any atom is 0.319 e. The molecule has 0 aliphatic carbocycles. The van der Waals surface area contributed by atoms with Crippen molar-refractivity contribution in [3.8, 4) is 11.8 Å². The lowest BCUT2D eigenvalue weighted by Crippen LogP contribution is -2.32. The third-order valence-corrected chi connectivity index (χ3v) is 3.29. The molecule has 0 saturated heterocycles. The normalized spacial score (nSPS) is 9.78. The molecule has 23 heavy (non-hydrogen) atoms. The first-order valence-corrected chi connectivity index (χ1v) is 7.40. The number of urea groups is 1. The van der Waals surface area contributed by atoms with Crippen LogP contribution in [0, 0.1) is 18.3 Å². The highest BCUT2D eigenvalue weighted by Gasteiger charge is 2.03. The minimum atomic E-state index is -0.328. The number of anilines is 1. The largest absolute Gasteiger partial charge is 0.491 e. The first-order valence-electron chi connectivity index (χ1n) is 7.02. The molecule has 0 radical (unpaired) electrons. The van der Waals surface area contributed by atoms with Gasteiger partial charge in [-0.1, -0.05) is 11.6 Å². The molecule has 0 fully saturated rings. The summed E-state index contributed by atoms with van der Waals surface area (Å²) in [4.78, 5) is 11.7. The second-order valence-corrected chi connectivity index (χ2v) is 5.26. The van der Waals surface area contributed by atoms with Crippen molar-refractivity contribution in [1.29, 1.82) is 5.26 Å². The molecule has 0 atom stereocenters. The van der Waals surface area contributed by atoms with Gasteiger partial charge in [-0.05, 0) is 55.0 Å². The minimum absolute atomic E-state index is 0.328. The third-order valence-electron chi connectivity index (χ3n) is 3.05. The zero-order chi connectivity index (χ0) is 16.7. The molecule has 0 heterocycles. The zero-order valence-corrected chi connectivity index (χ0v) is 13.4. The summed E-state index contributed by atoms with van der Waals surface area (Å²) in [6.07, 6.45) is 0. The van der Waals surface area contributed by atoms with Crippen LogP contribution in [0.25, 0.3) is 0 Å². The standard InChI is InChI=1S/C17H16ClN3O2/c1-12-10-14(18)4-7-16(12)23-9-8-20-17(22)21-15-5-2-13(11-19)3-6-15/h2-7,10H,8-9H2,1H3,(H2,20,21,22). The van der Waals surface area contributed by atoms with Crippen LogP contribution in [0.4, 0.5) is 10.5 Å². The van der Waals surface area contributed by atoms with E-state index in [0.717, 1.165) is 11.3 Å². The fourth-order valence-electron chi connectivity index (χ4n) is 1.90. The number of carbonyl (C=O) groups excluding carboxylic acids is 1. The second kappa shape index (κ2) is 8.06. The molecule has 0 saturated carbocycles. The van der Waals surface area contributed by atoms with E-state index in [9.17, 15) is 4.79 Å². The quantitative estimate of drug-likeness (QED) is 0.821. The molecule has 6 heteroatoms. The fraction of sp³-hybridized carbons (Fsp3) is 0.176. The van der Waals surface area contributed by atoms with E-state index < -0.39 is 0 Å². The molecular formula is C17H16ClN3O2. The summed E-state index contributed by atoms with van der Waals surface area (Å²) in [7, 11) is 0. The molecule has 2 amide bonds. The number of rotatable bonds is 5. The maximum absolute atomic E-state index is 11.7. The summed E-state index contributed by atoms with van der Waals surface area (Å²) in [6, 6.07) is 13.7. The Bertz CT molecular complexity index is 724. The van der Waals surface area contributed by atoms with Crippen molar-refractivity contribution >= 4 is 23.3 Å². The van der Waals surface area contributed by atoms with E-state index in [-0.39, 0.29) is 6.03 Å². The van der Waals surface area contributed by atoms with Gasteiger partial charge >= 0.3 is 6.03 Å². The fourth-order valence-corrected chi connectivity index (χ4v) is 2.13. The van der Waals surface area contributed by atoms with E-state index in [1.165, 1.54) is 0 Å². The van der Waals surface area contributed by atoms with Gasteiger partial charge in [-0.2, -0.15) is 5.26 Å². The predicted molar refractivity (Wildman–Crippen MR) is 89.9 cm³/mol. The Morgan fingerprint density at radius 1 is 1.26 bits per heavy atom. The van der Waals surface area contributed by atoms with E-state index in [1.807, 2.05) is 19.1 Å². The average molecular weight is 330 g/mol.